The van der Waals surface area contributed by atoms with Gasteiger partial charge in [0.1, 0.15) is 6.10 Å². The number of carbonyl (C=O) groups is 2. The molecule has 0 aromatic heterocycles. The number of rotatable bonds is 25. The highest BCUT2D eigenvalue weighted by atomic mass is 16.7. The highest BCUT2D eigenvalue weighted by molar-refractivity contribution is 5.69. The lowest BCUT2D eigenvalue weighted by molar-refractivity contribution is -0.144. The Morgan fingerprint density at radius 1 is 0.703 bits per heavy atom. The van der Waals surface area contributed by atoms with Gasteiger partial charge in [-0.3, -0.25) is 4.79 Å². The Morgan fingerprint density at radius 2 is 1.35 bits per heavy atom. The molecule has 0 amide bonds. The van der Waals surface area contributed by atoms with E-state index in [1.165, 1.54) is 44.9 Å². The van der Waals surface area contributed by atoms with Crippen molar-refractivity contribution in [3.63, 3.8) is 0 Å². The first-order valence-corrected chi connectivity index (χ1v) is 14.9. The fraction of sp³-hybridized carbons (Fsp3) is 0.806. The topological polar surface area (TPSA) is 65.1 Å². The Hall–Kier alpha value is -1.82. The molecule has 0 fully saturated rings. The van der Waals surface area contributed by atoms with Crippen LogP contribution in [0.25, 0.3) is 0 Å². The van der Waals surface area contributed by atoms with Gasteiger partial charge in [-0.15, -0.1) is 0 Å². The molecular weight excluding hydrogens is 466 g/mol. The number of carbonyl (C=O) groups excluding carboxylic acids is 2. The first-order chi connectivity index (χ1) is 18.0. The monoisotopic (exact) mass is 523 g/mol. The van der Waals surface area contributed by atoms with E-state index in [0.29, 0.717) is 32.5 Å². The molecule has 0 spiro atoms. The summed E-state index contributed by atoms with van der Waals surface area (Å²) >= 11 is 0. The molecule has 0 rings (SSSR count). The first kappa shape index (κ1) is 35.2. The molecule has 0 heterocycles. The molecule has 37 heavy (non-hydrogen) atoms. The molecule has 0 aliphatic rings. The molecule has 0 aliphatic carbocycles. The smallest absolute Gasteiger partial charge is 0.466 e. The van der Waals surface area contributed by atoms with E-state index in [9.17, 15) is 9.59 Å². The summed E-state index contributed by atoms with van der Waals surface area (Å²) in [4.78, 5) is 25.9. The first-order valence-electron chi connectivity index (χ1n) is 14.9. The summed E-state index contributed by atoms with van der Waals surface area (Å²) in [5.41, 5.74) is 0. The zero-order valence-electron chi connectivity index (χ0n) is 24.5. The van der Waals surface area contributed by atoms with Crippen LogP contribution in [-0.4, -0.2) is 57.0 Å². The predicted octanol–water partition coefficient (Wildman–Crippen LogP) is 8.40. The summed E-state index contributed by atoms with van der Waals surface area (Å²) in [5, 5.41) is 0. The SMILES string of the molecule is CCCCC/C=C\C/C=C\CCCCCCCC(=O)OCCCC(CCC)OC(=O)OCCCN(C)C. The van der Waals surface area contributed by atoms with Gasteiger partial charge < -0.3 is 19.1 Å². The third-order valence-electron chi connectivity index (χ3n) is 6.11. The molecular formula is C31H57NO5. The maximum absolute atomic E-state index is 12.0. The van der Waals surface area contributed by atoms with Crippen molar-refractivity contribution in [3.8, 4) is 0 Å². The van der Waals surface area contributed by atoms with Crippen LogP contribution in [0, 0.1) is 0 Å². The molecule has 1 atom stereocenters. The van der Waals surface area contributed by atoms with Gasteiger partial charge in [-0.25, -0.2) is 4.79 Å². The highest BCUT2D eigenvalue weighted by Crippen LogP contribution is 2.12. The minimum absolute atomic E-state index is 0.126. The number of esters is 1. The Labute approximate surface area is 228 Å². The summed E-state index contributed by atoms with van der Waals surface area (Å²) < 4.78 is 16.0. The maximum atomic E-state index is 12.0. The summed E-state index contributed by atoms with van der Waals surface area (Å²) in [5.74, 6) is -0.126. The van der Waals surface area contributed by atoms with Crippen LogP contribution < -0.4 is 0 Å². The third-order valence-corrected chi connectivity index (χ3v) is 6.11. The summed E-state index contributed by atoms with van der Waals surface area (Å²) in [6, 6.07) is 0. The van der Waals surface area contributed by atoms with E-state index in [-0.39, 0.29) is 12.1 Å². The Kier molecular flexibility index (Phi) is 25.9. The van der Waals surface area contributed by atoms with Crippen LogP contribution in [0.2, 0.25) is 0 Å². The molecule has 0 bridgehead atoms. The lowest BCUT2D eigenvalue weighted by Crippen LogP contribution is -2.21. The Bertz CT molecular complexity index is 588. The van der Waals surface area contributed by atoms with Crippen LogP contribution in [0.1, 0.15) is 123 Å². The lowest BCUT2D eigenvalue weighted by atomic mass is 10.1. The molecule has 1 unspecified atom stereocenters. The number of ether oxygens (including phenoxy) is 3. The van der Waals surface area contributed by atoms with Crippen LogP contribution in [0.5, 0.6) is 0 Å². The predicted molar refractivity (Wildman–Crippen MR) is 154 cm³/mol. The molecule has 0 aliphatic heterocycles. The number of nitrogens with zero attached hydrogens (tertiary/aromatic N) is 1. The fourth-order valence-corrected chi connectivity index (χ4v) is 3.94. The Morgan fingerprint density at radius 3 is 2.03 bits per heavy atom. The minimum Gasteiger partial charge on any atom is -0.466 e. The van der Waals surface area contributed by atoms with E-state index in [0.717, 1.165) is 51.5 Å². The normalized spacial score (nSPS) is 12.5. The largest absolute Gasteiger partial charge is 0.508 e. The molecule has 6 heteroatoms. The molecule has 0 aromatic carbocycles. The lowest BCUT2D eigenvalue weighted by Gasteiger charge is -2.17. The van der Waals surface area contributed by atoms with Crippen LogP contribution in [0.4, 0.5) is 4.79 Å². The number of hydrogen-bond acceptors (Lipinski definition) is 6. The van der Waals surface area contributed by atoms with Crippen molar-refractivity contribution in [2.24, 2.45) is 0 Å². The van der Waals surface area contributed by atoms with Crippen molar-refractivity contribution < 1.29 is 23.8 Å². The van der Waals surface area contributed by atoms with Crippen molar-refractivity contribution in [2.45, 2.75) is 129 Å². The second-order valence-corrected chi connectivity index (χ2v) is 10.1. The summed E-state index contributed by atoms with van der Waals surface area (Å²) in [7, 11) is 3.97. The van der Waals surface area contributed by atoms with Crippen molar-refractivity contribution in [1.82, 2.24) is 4.90 Å². The van der Waals surface area contributed by atoms with E-state index in [4.69, 9.17) is 14.2 Å². The van der Waals surface area contributed by atoms with Gasteiger partial charge in [0.2, 0.25) is 0 Å². The van der Waals surface area contributed by atoms with Crippen molar-refractivity contribution in [3.05, 3.63) is 24.3 Å². The van der Waals surface area contributed by atoms with Crippen LogP contribution >= 0.6 is 0 Å². The van der Waals surface area contributed by atoms with E-state index in [2.05, 4.69) is 38.2 Å². The number of hydrogen-bond donors (Lipinski definition) is 0. The average Bonchev–Trinajstić information content (AvgIpc) is 2.86. The quantitative estimate of drug-likeness (QED) is 0.0680. The standard InChI is InChI=1S/C31H57NO5/c1-5-7-8-9-10-11-12-13-14-15-16-17-18-19-20-25-30(33)35-27-21-24-29(23-6-2)37-31(34)36-28-22-26-32(3)4/h10-11,13-14,29H,5-9,12,15-28H2,1-4H3/b11-10-,14-13-. The van der Waals surface area contributed by atoms with E-state index >= 15 is 0 Å². The molecule has 0 aromatic rings. The van der Waals surface area contributed by atoms with Gasteiger partial charge in [0, 0.05) is 13.0 Å². The highest BCUT2D eigenvalue weighted by Gasteiger charge is 2.15. The zero-order valence-corrected chi connectivity index (χ0v) is 24.5. The second kappa shape index (κ2) is 27.2. The summed E-state index contributed by atoms with van der Waals surface area (Å²) in [6.45, 7) is 5.90. The molecule has 0 saturated carbocycles. The Balaban J connectivity index is 3.66. The molecule has 0 saturated heterocycles. The van der Waals surface area contributed by atoms with Gasteiger partial charge in [-0.05, 0) is 78.3 Å². The maximum Gasteiger partial charge on any atom is 0.508 e. The van der Waals surface area contributed by atoms with E-state index < -0.39 is 6.16 Å². The van der Waals surface area contributed by atoms with Crippen LogP contribution in [0.3, 0.4) is 0 Å². The van der Waals surface area contributed by atoms with E-state index in [1.54, 1.807) is 0 Å². The molecule has 216 valence electrons. The van der Waals surface area contributed by atoms with Crippen molar-refractivity contribution in [2.75, 3.05) is 33.9 Å². The van der Waals surface area contributed by atoms with Gasteiger partial charge >= 0.3 is 12.1 Å². The second-order valence-electron chi connectivity index (χ2n) is 10.1. The van der Waals surface area contributed by atoms with E-state index in [1.807, 2.05) is 19.0 Å². The average molecular weight is 524 g/mol. The molecule has 0 radical (unpaired) electrons. The van der Waals surface area contributed by atoms with Crippen molar-refractivity contribution in [1.29, 1.82) is 0 Å². The molecule has 6 nitrogen and oxygen atoms in total. The van der Waals surface area contributed by atoms with Crippen LogP contribution in [0.15, 0.2) is 24.3 Å². The van der Waals surface area contributed by atoms with Gasteiger partial charge in [0.25, 0.3) is 0 Å². The van der Waals surface area contributed by atoms with Gasteiger partial charge in [0.15, 0.2) is 0 Å². The number of unbranched alkanes of at least 4 members (excludes halogenated alkanes) is 8. The summed E-state index contributed by atoms with van der Waals surface area (Å²) in [6.07, 6.45) is 25.5. The zero-order chi connectivity index (χ0) is 27.4. The van der Waals surface area contributed by atoms with Crippen LogP contribution in [-0.2, 0) is 19.0 Å². The minimum atomic E-state index is -0.601. The third kappa shape index (κ3) is 27.0. The van der Waals surface area contributed by atoms with Gasteiger partial charge in [0.05, 0.1) is 13.2 Å². The fourth-order valence-electron chi connectivity index (χ4n) is 3.94. The van der Waals surface area contributed by atoms with Crippen molar-refractivity contribution >= 4 is 12.1 Å². The number of allylic oxidation sites excluding steroid dienone is 4. The van der Waals surface area contributed by atoms with Gasteiger partial charge in [-0.1, -0.05) is 76.7 Å². The van der Waals surface area contributed by atoms with Gasteiger partial charge in [-0.2, -0.15) is 0 Å². The molecule has 0 N–H and O–H groups in total.